The lowest BCUT2D eigenvalue weighted by molar-refractivity contribution is -0.0501. The highest BCUT2D eigenvalue weighted by molar-refractivity contribution is 7.87. The number of nitrogens with zero attached hydrogens (tertiary/aromatic N) is 1. The van der Waals surface area contributed by atoms with Crippen molar-refractivity contribution in [2.45, 2.75) is 5.51 Å². The quantitative estimate of drug-likeness (QED) is 0.644. The Hall–Kier alpha value is -2.03. The molecule has 0 aliphatic rings. The zero-order valence-corrected chi connectivity index (χ0v) is 10.8. The van der Waals surface area contributed by atoms with Crippen LogP contribution in [-0.2, 0) is 10.1 Å². The van der Waals surface area contributed by atoms with Crippen molar-refractivity contribution < 1.29 is 30.5 Å². The Kier molecular flexibility index (Phi) is 3.46. The first kappa shape index (κ1) is 14.4. The number of fused-ring (bicyclic) bond motifs is 1. The molecule has 0 aliphatic carbocycles. The highest BCUT2D eigenvalue weighted by atomic mass is 32.2. The van der Waals surface area contributed by atoms with Crippen LogP contribution in [0.25, 0.3) is 10.9 Å². The van der Waals surface area contributed by atoms with Gasteiger partial charge in [-0.1, -0.05) is 0 Å². The van der Waals surface area contributed by atoms with Gasteiger partial charge in [0.05, 0.1) is 12.6 Å². The molecule has 0 spiro atoms. The Morgan fingerprint density at radius 3 is 2.40 bits per heavy atom. The lowest BCUT2D eigenvalue weighted by atomic mass is 10.2. The Balaban J connectivity index is 2.42. The molecule has 0 N–H and O–H groups in total. The van der Waals surface area contributed by atoms with E-state index in [4.69, 9.17) is 4.74 Å². The second kappa shape index (κ2) is 4.82. The van der Waals surface area contributed by atoms with Crippen LogP contribution in [0.4, 0.5) is 13.2 Å². The largest absolute Gasteiger partial charge is 0.534 e. The van der Waals surface area contributed by atoms with E-state index in [1.54, 1.807) is 12.1 Å². The molecule has 5 nitrogen and oxygen atoms in total. The van der Waals surface area contributed by atoms with Gasteiger partial charge < -0.3 is 8.92 Å². The van der Waals surface area contributed by atoms with Crippen molar-refractivity contribution in [3.05, 3.63) is 30.3 Å². The molecule has 0 bridgehead atoms. The van der Waals surface area contributed by atoms with E-state index < -0.39 is 21.5 Å². The minimum atomic E-state index is -5.73. The maximum Gasteiger partial charge on any atom is 0.534 e. The van der Waals surface area contributed by atoms with Crippen LogP contribution < -0.4 is 8.92 Å². The number of hydrogen-bond acceptors (Lipinski definition) is 5. The van der Waals surface area contributed by atoms with Gasteiger partial charge in [-0.2, -0.15) is 21.6 Å². The summed E-state index contributed by atoms with van der Waals surface area (Å²) < 4.78 is 67.2. The highest BCUT2D eigenvalue weighted by Gasteiger charge is 2.48. The van der Waals surface area contributed by atoms with Gasteiger partial charge in [-0.05, 0) is 18.2 Å². The zero-order valence-electron chi connectivity index (χ0n) is 10.0. The third kappa shape index (κ3) is 2.77. The predicted molar refractivity (Wildman–Crippen MR) is 63.9 cm³/mol. The van der Waals surface area contributed by atoms with Crippen molar-refractivity contribution in [1.29, 1.82) is 0 Å². The van der Waals surface area contributed by atoms with Crippen LogP contribution >= 0.6 is 0 Å². The average molecular weight is 307 g/mol. The Morgan fingerprint density at radius 1 is 1.15 bits per heavy atom. The van der Waals surface area contributed by atoms with Crippen LogP contribution in [0.3, 0.4) is 0 Å². The van der Waals surface area contributed by atoms with E-state index in [2.05, 4.69) is 9.17 Å². The summed E-state index contributed by atoms with van der Waals surface area (Å²) in [6.07, 6.45) is 0. The molecule has 108 valence electrons. The molecule has 0 radical (unpaired) electrons. The SMILES string of the molecule is COc1ccc2ccc(OS(=O)(=O)C(F)(F)F)nc2c1. The van der Waals surface area contributed by atoms with Gasteiger partial charge in [-0.3, -0.25) is 0 Å². The lowest BCUT2D eigenvalue weighted by Crippen LogP contribution is -2.28. The number of methoxy groups -OCH3 is 1. The molecule has 0 amide bonds. The minimum absolute atomic E-state index is 0.249. The molecule has 2 aromatic rings. The number of pyridine rings is 1. The maximum atomic E-state index is 12.2. The van der Waals surface area contributed by atoms with Crippen molar-refractivity contribution in [1.82, 2.24) is 4.98 Å². The maximum absolute atomic E-state index is 12.2. The van der Waals surface area contributed by atoms with Gasteiger partial charge in [0.15, 0.2) is 0 Å². The van der Waals surface area contributed by atoms with Crippen molar-refractivity contribution in [2.75, 3.05) is 7.11 Å². The van der Waals surface area contributed by atoms with Crippen LogP contribution in [0.15, 0.2) is 30.3 Å². The second-order valence-corrected chi connectivity index (χ2v) is 5.23. The number of ether oxygens (including phenoxy) is 1. The second-order valence-electron chi connectivity index (χ2n) is 3.69. The summed E-state index contributed by atoms with van der Waals surface area (Å²) in [4.78, 5) is 3.70. The smallest absolute Gasteiger partial charge is 0.497 e. The van der Waals surface area contributed by atoms with Crippen molar-refractivity contribution in [2.24, 2.45) is 0 Å². The molecule has 0 aliphatic heterocycles. The van der Waals surface area contributed by atoms with Crippen LogP contribution in [0.1, 0.15) is 0 Å². The van der Waals surface area contributed by atoms with Crippen LogP contribution in [0, 0.1) is 0 Å². The summed E-state index contributed by atoms with van der Waals surface area (Å²) in [5.41, 5.74) is -5.25. The van der Waals surface area contributed by atoms with Gasteiger partial charge in [0.2, 0.25) is 5.88 Å². The number of hydrogen-bond donors (Lipinski definition) is 0. The molecule has 0 saturated carbocycles. The molecule has 0 fully saturated rings. The molecular formula is C11H8F3NO4S. The predicted octanol–water partition coefficient (Wildman–Crippen LogP) is 2.47. The molecule has 0 atom stereocenters. The third-order valence-electron chi connectivity index (χ3n) is 2.35. The van der Waals surface area contributed by atoms with E-state index in [9.17, 15) is 21.6 Å². The summed E-state index contributed by atoms with van der Waals surface area (Å²) >= 11 is 0. The van der Waals surface area contributed by atoms with Gasteiger partial charge in [0, 0.05) is 17.5 Å². The van der Waals surface area contributed by atoms with E-state index in [1.807, 2.05) is 0 Å². The molecular weight excluding hydrogens is 299 g/mol. The average Bonchev–Trinajstić information content (AvgIpc) is 2.36. The van der Waals surface area contributed by atoms with E-state index in [-0.39, 0.29) is 5.52 Å². The van der Waals surface area contributed by atoms with Crippen molar-refractivity contribution in [3.63, 3.8) is 0 Å². The number of aromatic nitrogens is 1. The standard InChI is InChI=1S/C11H8F3NO4S/c1-18-8-4-2-7-3-5-10(15-9(7)6-8)19-20(16,17)11(12,13)14/h2-6H,1H3. The normalized spacial score (nSPS) is 12.4. The van der Waals surface area contributed by atoms with Crippen LogP contribution in [0.2, 0.25) is 0 Å². The molecule has 0 unspecified atom stereocenters. The topological polar surface area (TPSA) is 65.5 Å². The molecule has 0 saturated heterocycles. The summed E-state index contributed by atoms with van der Waals surface area (Å²) in [6.45, 7) is 0. The van der Waals surface area contributed by atoms with Gasteiger partial charge in [0.1, 0.15) is 5.75 Å². The highest BCUT2D eigenvalue weighted by Crippen LogP contribution is 2.27. The number of halogens is 3. The molecule has 1 aromatic carbocycles. The van der Waals surface area contributed by atoms with Gasteiger partial charge in [-0.15, -0.1) is 0 Å². The van der Waals surface area contributed by atoms with Gasteiger partial charge in [0.25, 0.3) is 0 Å². The first-order chi connectivity index (χ1) is 9.23. The number of alkyl halides is 3. The summed E-state index contributed by atoms with van der Waals surface area (Å²) in [6, 6.07) is 7.14. The Labute approximate surface area is 112 Å². The fourth-order valence-corrected chi connectivity index (χ4v) is 1.82. The Morgan fingerprint density at radius 2 is 1.80 bits per heavy atom. The minimum Gasteiger partial charge on any atom is -0.497 e. The van der Waals surface area contributed by atoms with Crippen LogP contribution in [-0.4, -0.2) is 26.0 Å². The monoisotopic (exact) mass is 307 g/mol. The van der Waals surface area contributed by atoms with Crippen molar-refractivity contribution >= 4 is 21.0 Å². The summed E-state index contributed by atoms with van der Waals surface area (Å²) in [5.74, 6) is -0.232. The zero-order chi connectivity index (χ0) is 15.0. The number of rotatable bonds is 3. The number of benzene rings is 1. The fourth-order valence-electron chi connectivity index (χ4n) is 1.41. The summed E-state index contributed by atoms with van der Waals surface area (Å²) in [7, 11) is -4.32. The summed E-state index contributed by atoms with van der Waals surface area (Å²) in [5, 5.41) is 0.600. The first-order valence-electron chi connectivity index (χ1n) is 5.18. The van der Waals surface area contributed by atoms with E-state index in [0.717, 1.165) is 6.07 Å². The van der Waals surface area contributed by atoms with E-state index >= 15 is 0 Å². The van der Waals surface area contributed by atoms with E-state index in [1.165, 1.54) is 19.2 Å². The third-order valence-corrected chi connectivity index (χ3v) is 3.31. The molecule has 20 heavy (non-hydrogen) atoms. The molecule has 1 heterocycles. The lowest BCUT2D eigenvalue weighted by Gasteiger charge is -2.09. The molecule has 9 heteroatoms. The van der Waals surface area contributed by atoms with E-state index in [0.29, 0.717) is 11.1 Å². The Bertz CT molecular complexity index is 743. The van der Waals surface area contributed by atoms with Crippen molar-refractivity contribution in [3.8, 4) is 11.6 Å². The first-order valence-corrected chi connectivity index (χ1v) is 6.59. The van der Waals surface area contributed by atoms with Crippen LogP contribution in [0.5, 0.6) is 11.6 Å². The van der Waals surface area contributed by atoms with Gasteiger partial charge >= 0.3 is 15.6 Å². The molecule has 2 rings (SSSR count). The fraction of sp³-hybridized carbons (Fsp3) is 0.182. The molecule has 1 aromatic heterocycles. The van der Waals surface area contributed by atoms with Gasteiger partial charge in [-0.25, -0.2) is 4.98 Å².